The minimum absolute atomic E-state index is 0.0219. The minimum atomic E-state index is -0.520. The lowest BCUT2D eigenvalue weighted by Gasteiger charge is -2.35. The van der Waals surface area contributed by atoms with Crippen molar-refractivity contribution in [3.05, 3.63) is 53.9 Å². The fraction of sp³-hybridized carbons (Fsp3) is 0.438. The van der Waals surface area contributed by atoms with Crippen LogP contribution in [0.4, 0.5) is 0 Å². The van der Waals surface area contributed by atoms with E-state index in [2.05, 4.69) is 24.3 Å². The van der Waals surface area contributed by atoms with E-state index in [0.717, 1.165) is 11.1 Å². The van der Waals surface area contributed by atoms with Gasteiger partial charge in [-0.15, -0.1) is 0 Å². The lowest BCUT2D eigenvalue weighted by Crippen LogP contribution is -2.51. The number of aliphatic hydroxyl groups excluding tert-OH is 1. The van der Waals surface area contributed by atoms with Crippen molar-refractivity contribution in [1.82, 2.24) is 15.1 Å². The van der Waals surface area contributed by atoms with Gasteiger partial charge in [-0.25, -0.2) is 0 Å². The summed E-state index contributed by atoms with van der Waals surface area (Å²) in [4.78, 5) is 0. The molecule has 0 amide bonds. The van der Waals surface area contributed by atoms with Crippen molar-refractivity contribution in [1.29, 1.82) is 0 Å². The molecular formula is C16H23N3O. The van der Waals surface area contributed by atoms with E-state index < -0.39 is 5.54 Å². The van der Waals surface area contributed by atoms with E-state index in [-0.39, 0.29) is 12.6 Å². The number of aromatic nitrogens is 2. The Morgan fingerprint density at radius 1 is 1.30 bits per heavy atom. The Balaban J connectivity index is 2.37. The van der Waals surface area contributed by atoms with Gasteiger partial charge in [0.15, 0.2) is 0 Å². The Hall–Kier alpha value is -1.65. The molecule has 0 aliphatic rings. The third kappa shape index (κ3) is 3.26. The van der Waals surface area contributed by atoms with Crippen molar-refractivity contribution < 1.29 is 5.11 Å². The van der Waals surface area contributed by atoms with Crippen molar-refractivity contribution in [2.24, 2.45) is 0 Å². The summed E-state index contributed by atoms with van der Waals surface area (Å²) in [6, 6.07) is 10.3. The molecule has 2 rings (SSSR count). The average molecular weight is 273 g/mol. The highest BCUT2D eigenvalue weighted by molar-refractivity contribution is 5.25. The average Bonchev–Trinajstić information content (AvgIpc) is 2.83. The van der Waals surface area contributed by atoms with Crippen LogP contribution in [0.15, 0.2) is 42.7 Å². The van der Waals surface area contributed by atoms with Gasteiger partial charge in [-0.2, -0.15) is 5.10 Å². The Morgan fingerprint density at radius 3 is 2.50 bits per heavy atom. The highest BCUT2D eigenvalue weighted by Gasteiger charge is 2.32. The Kier molecular flexibility index (Phi) is 4.57. The molecule has 1 heterocycles. The molecule has 1 atom stereocenters. The first-order valence-electron chi connectivity index (χ1n) is 6.99. The molecule has 1 unspecified atom stereocenters. The summed E-state index contributed by atoms with van der Waals surface area (Å²) < 4.78 is 1.88. The standard InChI is InChI=1S/C16H23N3O/c1-13(2)18-16(12-20,15-7-5-4-6-8-15)11-19-10-14(3)9-17-19/h4-10,13,18,20H,11-12H2,1-3H3. The first kappa shape index (κ1) is 14.8. The van der Waals surface area contributed by atoms with Crippen LogP contribution in [-0.2, 0) is 12.1 Å². The van der Waals surface area contributed by atoms with Crippen LogP contribution in [0.5, 0.6) is 0 Å². The van der Waals surface area contributed by atoms with Gasteiger partial charge in [0.25, 0.3) is 0 Å². The fourth-order valence-electron chi connectivity index (χ4n) is 2.55. The van der Waals surface area contributed by atoms with E-state index in [1.807, 2.05) is 54.3 Å². The van der Waals surface area contributed by atoms with E-state index in [0.29, 0.717) is 6.54 Å². The van der Waals surface area contributed by atoms with Gasteiger partial charge in [0.1, 0.15) is 0 Å². The number of aliphatic hydroxyl groups is 1. The fourth-order valence-corrected chi connectivity index (χ4v) is 2.55. The predicted octanol–water partition coefficient (Wildman–Crippen LogP) is 2.08. The van der Waals surface area contributed by atoms with E-state index in [4.69, 9.17) is 0 Å². The molecule has 0 saturated carbocycles. The molecule has 20 heavy (non-hydrogen) atoms. The number of nitrogens with one attached hydrogen (secondary N) is 1. The third-order valence-corrected chi connectivity index (χ3v) is 3.36. The molecule has 0 fully saturated rings. The number of hydrogen-bond acceptors (Lipinski definition) is 3. The second-order valence-corrected chi connectivity index (χ2v) is 5.62. The molecule has 0 bridgehead atoms. The van der Waals surface area contributed by atoms with Crippen LogP contribution >= 0.6 is 0 Å². The zero-order valence-corrected chi connectivity index (χ0v) is 12.4. The summed E-state index contributed by atoms with van der Waals surface area (Å²) in [5, 5.41) is 17.9. The van der Waals surface area contributed by atoms with Gasteiger partial charge in [-0.1, -0.05) is 30.3 Å². The molecule has 108 valence electrons. The van der Waals surface area contributed by atoms with E-state index in [9.17, 15) is 5.11 Å². The van der Waals surface area contributed by atoms with Gasteiger partial charge in [0.05, 0.1) is 24.9 Å². The molecular weight excluding hydrogens is 250 g/mol. The molecule has 1 aromatic carbocycles. The number of hydrogen-bond donors (Lipinski definition) is 2. The van der Waals surface area contributed by atoms with Crippen LogP contribution in [-0.4, -0.2) is 27.5 Å². The number of rotatable bonds is 6. The zero-order chi connectivity index (χ0) is 14.6. The predicted molar refractivity (Wildman–Crippen MR) is 80.4 cm³/mol. The van der Waals surface area contributed by atoms with E-state index in [1.54, 1.807) is 0 Å². The van der Waals surface area contributed by atoms with E-state index in [1.165, 1.54) is 0 Å². The van der Waals surface area contributed by atoms with Crippen molar-refractivity contribution in [2.45, 2.75) is 38.9 Å². The van der Waals surface area contributed by atoms with Crippen molar-refractivity contribution in [3.63, 3.8) is 0 Å². The highest BCUT2D eigenvalue weighted by Crippen LogP contribution is 2.24. The molecule has 2 aromatic rings. The van der Waals surface area contributed by atoms with Crippen molar-refractivity contribution in [2.75, 3.05) is 6.61 Å². The van der Waals surface area contributed by atoms with E-state index >= 15 is 0 Å². The summed E-state index contributed by atoms with van der Waals surface area (Å²) in [5.74, 6) is 0. The normalized spacial score (nSPS) is 14.4. The van der Waals surface area contributed by atoms with Gasteiger partial charge in [0.2, 0.25) is 0 Å². The molecule has 4 heteroatoms. The topological polar surface area (TPSA) is 50.1 Å². The lowest BCUT2D eigenvalue weighted by atomic mass is 9.89. The van der Waals surface area contributed by atoms with Gasteiger partial charge in [-0.05, 0) is 31.9 Å². The second-order valence-electron chi connectivity index (χ2n) is 5.62. The smallest absolute Gasteiger partial charge is 0.0869 e. The van der Waals surface area contributed by atoms with Crippen LogP contribution in [0, 0.1) is 6.92 Å². The third-order valence-electron chi connectivity index (χ3n) is 3.36. The van der Waals surface area contributed by atoms with Crippen molar-refractivity contribution in [3.8, 4) is 0 Å². The molecule has 1 aromatic heterocycles. The SMILES string of the molecule is Cc1cnn(CC(CO)(NC(C)C)c2ccccc2)c1. The molecule has 0 aliphatic heterocycles. The minimum Gasteiger partial charge on any atom is -0.394 e. The second kappa shape index (κ2) is 6.20. The van der Waals surface area contributed by atoms with Crippen LogP contribution in [0.1, 0.15) is 25.0 Å². The summed E-state index contributed by atoms with van der Waals surface area (Å²) in [6.45, 7) is 6.81. The lowest BCUT2D eigenvalue weighted by molar-refractivity contribution is 0.129. The van der Waals surface area contributed by atoms with Crippen LogP contribution in [0.3, 0.4) is 0 Å². The Morgan fingerprint density at radius 2 is 2.00 bits per heavy atom. The summed E-state index contributed by atoms with van der Waals surface area (Å²) in [7, 11) is 0. The summed E-state index contributed by atoms with van der Waals surface area (Å²) in [5.41, 5.74) is 1.67. The number of nitrogens with zero attached hydrogens (tertiary/aromatic N) is 2. The first-order valence-corrected chi connectivity index (χ1v) is 6.99. The largest absolute Gasteiger partial charge is 0.394 e. The quantitative estimate of drug-likeness (QED) is 0.847. The van der Waals surface area contributed by atoms with Crippen LogP contribution < -0.4 is 5.32 Å². The molecule has 4 nitrogen and oxygen atoms in total. The van der Waals surface area contributed by atoms with Gasteiger partial charge in [-0.3, -0.25) is 4.68 Å². The molecule has 0 spiro atoms. The maximum Gasteiger partial charge on any atom is 0.0869 e. The summed E-state index contributed by atoms with van der Waals surface area (Å²) >= 11 is 0. The molecule has 0 aliphatic carbocycles. The maximum atomic E-state index is 10.0. The molecule has 0 radical (unpaired) electrons. The Bertz CT molecular complexity index is 536. The van der Waals surface area contributed by atoms with Gasteiger partial charge in [0, 0.05) is 12.2 Å². The van der Waals surface area contributed by atoms with Crippen molar-refractivity contribution >= 4 is 0 Å². The monoisotopic (exact) mass is 273 g/mol. The number of benzene rings is 1. The Labute approximate surface area is 120 Å². The molecule has 2 N–H and O–H groups in total. The van der Waals surface area contributed by atoms with Gasteiger partial charge < -0.3 is 10.4 Å². The van der Waals surface area contributed by atoms with Crippen LogP contribution in [0.2, 0.25) is 0 Å². The van der Waals surface area contributed by atoms with Gasteiger partial charge >= 0.3 is 0 Å². The van der Waals surface area contributed by atoms with Crippen LogP contribution in [0.25, 0.3) is 0 Å². The molecule has 0 saturated heterocycles. The maximum absolute atomic E-state index is 10.0. The zero-order valence-electron chi connectivity index (χ0n) is 12.4. The number of aryl methyl sites for hydroxylation is 1. The first-order chi connectivity index (χ1) is 9.55. The summed E-state index contributed by atoms with van der Waals surface area (Å²) in [6.07, 6.45) is 3.83. The highest BCUT2D eigenvalue weighted by atomic mass is 16.3.